The molecular formula is C18H23ClN2O2. The zero-order chi connectivity index (χ0) is 16.7. The molecule has 0 unspecified atom stereocenters. The number of nitrogens with one attached hydrogen (secondary N) is 1. The van der Waals surface area contributed by atoms with Gasteiger partial charge in [-0.25, -0.2) is 0 Å². The molecule has 124 valence electrons. The Morgan fingerprint density at radius 1 is 1.22 bits per heavy atom. The largest absolute Gasteiger partial charge is 0.497 e. The van der Waals surface area contributed by atoms with Crippen molar-refractivity contribution in [2.75, 3.05) is 13.7 Å². The van der Waals surface area contributed by atoms with Crippen molar-refractivity contribution in [3.05, 3.63) is 64.7 Å². The lowest BCUT2D eigenvalue weighted by Crippen LogP contribution is -2.43. The first-order valence-electron chi connectivity index (χ1n) is 7.61. The molecule has 4 N–H and O–H groups in total. The zero-order valence-corrected chi connectivity index (χ0v) is 14.0. The molecule has 23 heavy (non-hydrogen) atoms. The summed E-state index contributed by atoms with van der Waals surface area (Å²) in [4.78, 5) is 0. The Morgan fingerprint density at radius 2 is 2.00 bits per heavy atom. The van der Waals surface area contributed by atoms with Gasteiger partial charge in [0.1, 0.15) is 5.75 Å². The topological polar surface area (TPSA) is 67.5 Å². The standard InChI is InChI=1S/C18H23ClN2O2/c1-23-15-7-4-5-13(9-15)11-21-12-18(22)17(20)10-14-6-2-3-8-16(14)19/h2-9,17-18,21-22H,10-12,20H2,1H3/t17-,18+/m0/s1. The second kappa shape index (κ2) is 8.89. The Morgan fingerprint density at radius 3 is 2.74 bits per heavy atom. The van der Waals surface area contributed by atoms with Gasteiger partial charge in [0.05, 0.1) is 13.2 Å². The molecule has 0 saturated carbocycles. The van der Waals surface area contributed by atoms with E-state index in [9.17, 15) is 5.11 Å². The summed E-state index contributed by atoms with van der Waals surface area (Å²) in [5, 5.41) is 14.1. The molecule has 0 heterocycles. The van der Waals surface area contributed by atoms with E-state index in [1.165, 1.54) is 0 Å². The summed E-state index contributed by atoms with van der Waals surface area (Å²) in [6.07, 6.45) is -0.0984. The number of aliphatic hydroxyl groups excluding tert-OH is 1. The molecule has 0 aliphatic heterocycles. The summed E-state index contributed by atoms with van der Waals surface area (Å²) in [5.41, 5.74) is 8.12. The SMILES string of the molecule is COc1cccc(CNC[C@@H](O)[C@@H](N)Cc2ccccc2Cl)c1. The van der Waals surface area contributed by atoms with Gasteiger partial charge in [-0.2, -0.15) is 0 Å². The average molecular weight is 335 g/mol. The third-order valence-corrected chi connectivity index (χ3v) is 4.09. The van der Waals surface area contributed by atoms with Crippen LogP contribution < -0.4 is 15.8 Å². The average Bonchev–Trinajstić information content (AvgIpc) is 2.57. The van der Waals surface area contributed by atoms with Crippen LogP contribution in [0.1, 0.15) is 11.1 Å². The maximum absolute atomic E-state index is 10.2. The van der Waals surface area contributed by atoms with Crippen LogP contribution >= 0.6 is 11.6 Å². The number of ether oxygens (including phenoxy) is 1. The molecule has 0 aliphatic carbocycles. The van der Waals surface area contributed by atoms with Gasteiger partial charge in [-0.15, -0.1) is 0 Å². The van der Waals surface area contributed by atoms with E-state index in [-0.39, 0.29) is 6.04 Å². The Labute approximate surface area is 142 Å². The van der Waals surface area contributed by atoms with Gasteiger partial charge in [-0.05, 0) is 35.7 Å². The fourth-order valence-corrected chi connectivity index (χ4v) is 2.56. The van der Waals surface area contributed by atoms with Crippen molar-refractivity contribution >= 4 is 11.6 Å². The van der Waals surface area contributed by atoms with Crippen LogP contribution in [0.25, 0.3) is 0 Å². The van der Waals surface area contributed by atoms with Crippen molar-refractivity contribution in [1.82, 2.24) is 5.32 Å². The van der Waals surface area contributed by atoms with Gasteiger partial charge < -0.3 is 20.9 Å². The van der Waals surface area contributed by atoms with Gasteiger partial charge in [-0.3, -0.25) is 0 Å². The minimum Gasteiger partial charge on any atom is -0.497 e. The molecule has 2 aromatic carbocycles. The number of nitrogens with two attached hydrogens (primary N) is 1. The number of aliphatic hydroxyl groups is 1. The van der Waals surface area contributed by atoms with E-state index >= 15 is 0 Å². The lowest BCUT2D eigenvalue weighted by molar-refractivity contribution is 0.141. The fourth-order valence-electron chi connectivity index (χ4n) is 2.35. The van der Waals surface area contributed by atoms with E-state index in [0.717, 1.165) is 16.9 Å². The van der Waals surface area contributed by atoms with E-state index < -0.39 is 6.10 Å². The normalized spacial score (nSPS) is 13.6. The van der Waals surface area contributed by atoms with Crippen LogP contribution in [0, 0.1) is 0 Å². The van der Waals surface area contributed by atoms with Crippen LogP contribution in [0.5, 0.6) is 5.75 Å². The van der Waals surface area contributed by atoms with Gasteiger partial charge in [0.2, 0.25) is 0 Å². The van der Waals surface area contributed by atoms with E-state index in [2.05, 4.69) is 5.32 Å². The Balaban J connectivity index is 1.79. The molecule has 0 aliphatic rings. The van der Waals surface area contributed by atoms with Crippen LogP contribution in [-0.4, -0.2) is 30.9 Å². The molecule has 2 atom stereocenters. The highest BCUT2D eigenvalue weighted by molar-refractivity contribution is 6.31. The highest BCUT2D eigenvalue weighted by atomic mass is 35.5. The highest BCUT2D eigenvalue weighted by Crippen LogP contribution is 2.17. The molecule has 0 radical (unpaired) electrons. The number of benzene rings is 2. The minimum absolute atomic E-state index is 0.368. The smallest absolute Gasteiger partial charge is 0.119 e. The summed E-state index contributed by atoms with van der Waals surface area (Å²) in [6.45, 7) is 1.07. The molecule has 0 bridgehead atoms. The van der Waals surface area contributed by atoms with Crippen LogP contribution in [0.3, 0.4) is 0 Å². The van der Waals surface area contributed by atoms with Gasteiger partial charge in [0.15, 0.2) is 0 Å². The number of hydrogen-bond donors (Lipinski definition) is 3. The number of rotatable bonds is 8. The van der Waals surface area contributed by atoms with Crippen molar-refractivity contribution in [2.24, 2.45) is 5.73 Å². The van der Waals surface area contributed by atoms with Gasteiger partial charge in [0.25, 0.3) is 0 Å². The fraction of sp³-hybridized carbons (Fsp3) is 0.333. The molecule has 0 amide bonds. The van der Waals surface area contributed by atoms with E-state index in [1.54, 1.807) is 7.11 Å². The van der Waals surface area contributed by atoms with Crippen LogP contribution in [0.2, 0.25) is 5.02 Å². The molecular weight excluding hydrogens is 312 g/mol. The molecule has 0 fully saturated rings. The molecule has 0 saturated heterocycles. The number of hydrogen-bond acceptors (Lipinski definition) is 4. The van der Waals surface area contributed by atoms with Crippen molar-refractivity contribution in [2.45, 2.75) is 25.1 Å². The van der Waals surface area contributed by atoms with Crippen LogP contribution in [0.4, 0.5) is 0 Å². The van der Waals surface area contributed by atoms with E-state index in [4.69, 9.17) is 22.1 Å². The monoisotopic (exact) mass is 334 g/mol. The Hall–Kier alpha value is -1.59. The molecule has 4 nitrogen and oxygen atoms in total. The number of halogens is 1. The molecule has 5 heteroatoms. The van der Waals surface area contributed by atoms with Gasteiger partial charge in [0, 0.05) is 24.2 Å². The molecule has 0 spiro atoms. The zero-order valence-electron chi connectivity index (χ0n) is 13.2. The maximum atomic E-state index is 10.2. The predicted molar refractivity (Wildman–Crippen MR) is 93.8 cm³/mol. The number of methoxy groups -OCH3 is 1. The summed E-state index contributed by atoms with van der Waals surface area (Å²) >= 11 is 6.12. The lowest BCUT2D eigenvalue weighted by atomic mass is 10.0. The van der Waals surface area contributed by atoms with Crippen LogP contribution in [0.15, 0.2) is 48.5 Å². The van der Waals surface area contributed by atoms with Gasteiger partial charge >= 0.3 is 0 Å². The third kappa shape index (κ3) is 5.52. The van der Waals surface area contributed by atoms with Crippen LogP contribution in [-0.2, 0) is 13.0 Å². The minimum atomic E-state index is -0.642. The predicted octanol–water partition coefficient (Wildman–Crippen LogP) is 2.37. The maximum Gasteiger partial charge on any atom is 0.119 e. The highest BCUT2D eigenvalue weighted by Gasteiger charge is 2.16. The van der Waals surface area contributed by atoms with Crippen molar-refractivity contribution in [3.8, 4) is 5.75 Å². The van der Waals surface area contributed by atoms with Crippen molar-refractivity contribution in [3.63, 3.8) is 0 Å². The first-order valence-corrected chi connectivity index (χ1v) is 7.98. The molecule has 2 aromatic rings. The first kappa shape index (κ1) is 17.8. The Kier molecular flexibility index (Phi) is 6.86. The quantitative estimate of drug-likeness (QED) is 0.693. The second-order valence-electron chi connectivity index (χ2n) is 5.51. The summed E-state index contributed by atoms with van der Waals surface area (Å²) in [5.74, 6) is 0.820. The second-order valence-corrected chi connectivity index (χ2v) is 5.92. The summed E-state index contributed by atoms with van der Waals surface area (Å²) in [7, 11) is 1.64. The molecule has 2 rings (SSSR count). The third-order valence-electron chi connectivity index (χ3n) is 3.72. The van der Waals surface area contributed by atoms with E-state index in [0.29, 0.717) is 24.5 Å². The van der Waals surface area contributed by atoms with Gasteiger partial charge in [-0.1, -0.05) is 41.9 Å². The Bertz CT molecular complexity index is 621. The van der Waals surface area contributed by atoms with Crippen molar-refractivity contribution in [1.29, 1.82) is 0 Å². The first-order chi connectivity index (χ1) is 11.1. The molecule has 0 aromatic heterocycles. The summed E-state index contributed by atoms with van der Waals surface area (Å²) in [6, 6.07) is 15.0. The van der Waals surface area contributed by atoms with Crippen molar-refractivity contribution < 1.29 is 9.84 Å². The summed E-state index contributed by atoms with van der Waals surface area (Å²) < 4.78 is 5.19. The lowest BCUT2D eigenvalue weighted by Gasteiger charge is -2.20. The van der Waals surface area contributed by atoms with E-state index in [1.807, 2.05) is 48.5 Å².